The second-order valence-corrected chi connectivity index (χ2v) is 6.32. The van der Waals surface area contributed by atoms with Crippen LogP contribution in [-0.2, 0) is 6.54 Å². The van der Waals surface area contributed by atoms with E-state index >= 15 is 0 Å². The van der Waals surface area contributed by atoms with Gasteiger partial charge in [-0.25, -0.2) is 4.99 Å². The first kappa shape index (κ1) is 23.7. The third kappa shape index (κ3) is 8.13. The number of ether oxygens (including phenoxy) is 1. The van der Waals surface area contributed by atoms with E-state index in [1.807, 2.05) is 61.5 Å². The first-order valence-electron chi connectivity index (χ1n) is 8.71. The molecule has 0 aliphatic carbocycles. The van der Waals surface area contributed by atoms with Gasteiger partial charge < -0.3 is 26.0 Å². The summed E-state index contributed by atoms with van der Waals surface area (Å²) in [7, 11) is 5.55. The summed E-state index contributed by atoms with van der Waals surface area (Å²) in [4.78, 5) is 18.6. The van der Waals surface area contributed by atoms with Crippen molar-refractivity contribution in [3.63, 3.8) is 0 Å². The number of nitrogens with one attached hydrogen (secondary N) is 2. The van der Waals surface area contributed by atoms with Gasteiger partial charge in [0.2, 0.25) is 0 Å². The lowest BCUT2D eigenvalue weighted by Gasteiger charge is -2.11. The molecule has 2 aromatic rings. The fourth-order valence-electron chi connectivity index (χ4n) is 2.37. The van der Waals surface area contributed by atoms with Crippen LogP contribution in [0.1, 0.15) is 15.9 Å². The molecule has 0 spiro atoms. The molecule has 0 fully saturated rings. The van der Waals surface area contributed by atoms with Crippen LogP contribution in [0, 0.1) is 0 Å². The van der Waals surface area contributed by atoms with E-state index in [4.69, 9.17) is 10.5 Å². The molecular weight excluding hydrogens is 469 g/mol. The van der Waals surface area contributed by atoms with Crippen LogP contribution in [0.3, 0.4) is 0 Å². The lowest BCUT2D eigenvalue weighted by Crippen LogP contribution is -2.31. The van der Waals surface area contributed by atoms with Crippen LogP contribution in [-0.4, -0.2) is 51.1 Å². The predicted octanol–water partition coefficient (Wildman–Crippen LogP) is 2.53. The van der Waals surface area contributed by atoms with Crippen molar-refractivity contribution in [3.8, 4) is 5.75 Å². The number of amides is 1. The third-order valence-corrected chi connectivity index (χ3v) is 3.81. The molecule has 2 rings (SSSR count). The number of aliphatic imine (C=N–C) groups is 1. The highest BCUT2D eigenvalue weighted by atomic mass is 127. The van der Waals surface area contributed by atoms with E-state index in [2.05, 4.69) is 15.6 Å². The number of hydrogen-bond acceptors (Lipinski definition) is 4. The normalized spacial score (nSPS) is 10.9. The van der Waals surface area contributed by atoms with E-state index in [1.54, 1.807) is 13.2 Å². The molecule has 2 aromatic carbocycles. The molecule has 7 nitrogen and oxygen atoms in total. The Morgan fingerprint density at radius 3 is 2.64 bits per heavy atom. The highest BCUT2D eigenvalue weighted by Crippen LogP contribution is 2.16. The van der Waals surface area contributed by atoms with Crippen LogP contribution in [0.2, 0.25) is 0 Å². The van der Waals surface area contributed by atoms with Crippen LogP contribution < -0.4 is 21.1 Å². The maximum absolute atomic E-state index is 12.2. The van der Waals surface area contributed by atoms with Gasteiger partial charge >= 0.3 is 0 Å². The quantitative estimate of drug-likeness (QED) is 0.296. The highest BCUT2D eigenvalue weighted by molar-refractivity contribution is 14.0. The smallest absolute Gasteiger partial charge is 0.251 e. The molecule has 0 radical (unpaired) electrons. The number of anilines is 1. The van der Waals surface area contributed by atoms with Crippen LogP contribution in [0.4, 0.5) is 5.69 Å². The molecule has 0 saturated carbocycles. The van der Waals surface area contributed by atoms with E-state index in [0.717, 1.165) is 23.5 Å². The van der Waals surface area contributed by atoms with Gasteiger partial charge in [0, 0.05) is 30.4 Å². The minimum Gasteiger partial charge on any atom is -0.497 e. The van der Waals surface area contributed by atoms with Crippen LogP contribution >= 0.6 is 24.0 Å². The summed E-state index contributed by atoms with van der Waals surface area (Å²) in [6.45, 7) is 1.77. The Balaban J connectivity index is 0.00000392. The fourth-order valence-corrected chi connectivity index (χ4v) is 2.37. The van der Waals surface area contributed by atoms with Gasteiger partial charge in [-0.15, -0.1) is 24.0 Å². The zero-order valence-electron chi connectivity index (χ0n) is 16.4. The van der Waals surface area contributed by atoms with Crippen molar-refractivity contribution < 1.29 is 9.53 Å². The van der Waals surface area contributed by atoms with Gasteiger partial charge in [0.15, 0.2) is 5.96 Å². The van der Waals surface area contributed by atoms with Crippen molar-refractivity contribution in [2.75, 3.05) is 39.6 Å². The van der Waals surface area contributed by atoms with Gasteiger partial charge in [-0.1, -0.05) is 18.2 Å². The summed E-state index contributed by atoms with van der Waals surface area (Å²) in [6.07, 6.45) is 0. The van der Waals surface area contributed by atoms with Crippen LogP contribution in [0.25, 0.3) is 0 Å². The minimum absolute atomic E-state index is 0. The molecule has 8 heteroatoms. The van der Waals surface area contributed by atoms with Gasteiger partial charge in [0.1, 0.15) is 5.75 Å². The highest BCUT2D eigenvalue weighted by Gasteiger charge is 2.06. The Kier molecular flexibility index (Phi) is 10.3. The Labute approximate surface area is 183 Å². The molecular formula is C20H28IN5O2. The van der Waals surface area contributed by atoms with Gasteiger partial charge in [0.05, 0.1) is 13.7 Å². The summed E-state index contributed by atoms with van der Waals surface area (Å²) in [5.74, 6) is 0.940. The zero-order chi connectivity index (χ0) is 19.6. The number of likely N-dealkylation sites (N-methyl/N-ethyl adjacent to an activating group) is 1. The SMILES string of the molecule is COc1cccc(NC(N)=NCc2cccc(C(=O)NCCN(C)C)c2)c1.I. The number of benzene rings is 2. The van der Waals surface area contributed by atoms with E-state index < -0.39 is 0 Å². The van der Waals surface area contributed by atoms with Crippen molar-refractivity contribution in [2.24, 2.45) is 10.7 Å². The number of guanidine groups is 1. The lowest BCUT2D eigenvalue weighted by atomic mass is 10.1. The monoisotopic (exact) mass is 497 g/mol. The second-order valence-electron chi connectivity index (χ2n) is 6.32. The molecule has 0 aliphatic rings. The topological polar surface area (TPSA) is 92.0 Å². The van der Waals surface area contributed by atoms with Gasteiger partial charge in [-0.2, -0.15) is 0 Å². The first-order chi connectivity index (χ1) is 13.0. The van der Waals surface area contributed by atoms with E-state index in [9.17, 15) is 4.79 Å². The summed E-state index contributed by atoms with van der Waals surface area (Å²) in [5, 5.41) is 5.93. The molecule has 0 aromatic heterocycles. The first-order valence-corrected chi connectivity index (χ1v) is 8.71. The Bertz CT molecular complexity index is 796. The average molecular weight is 497 g/mol. The number of carbonyl (C=O) groups is 1. The average Bonchev–Trinajstić information content (AvgIpc) is 2.66. The molecule has 4 N–H and O–H groups in total. The molecule has 0 heterocycles. The van der Waals surface area contributed by atoms with Crippen molar-refractivity contribution in [3.05, 3.63) is 59.7 Å². The molecule has 0 aliphatic heterocycles. The van der Waals surface area contributed by atoms with E-state index in [1.165, 1.54) is 0 Å². The molecule has 0 saturated heterocycles. The van der Waals surface area contributed by atoms with Crippen LogP contribution in [0.5, 0.6) is 5.75 Å². The van der Waals surface area contributed by atoms with Gasteiger partial charge in [-0.05, 0) is 43.9 Å². The standard InChI is InChI=1S/C20H27N5O2.HI/c1-25(2)11-10-22-19(26)16-7-4-6-15(12-16)14-23-20(21)24-17-8-5-9-18(13-17)27-3;/h4-9,12-13H,10-11,14H2,1-3H3,(H,22,26)(H3,21,23,24);1H. The number of carbonyl (C=O) groups excluding carboxylic acids is 1. The Morgan fingerprint density at radius 1 is 1.18 bits per heavy atom. The minimum atomic E-state index is -0.0924. The molecule has 28 heavy (non-hydrogen) atoms. The third-order valence-electron chi connectivity index (χ3n) is 3.81. The largest absolute Gasteiger partial charge is 0.497 e. The van der Waals surface area contributed by atoms with Crippen LogP contribution in [0.15, 0.2) is 53.5 Å². The molecule has 0 unspecified atom stereocenters. The van der Waals surface area contributed by atoms with Crippen molar-refractivity contribution in [1.82, 2.24) is 10.2 Å². The summed E-state index contributed by atoms with van der Waals surface area (Å²) in [5.41, 5.74) is 8.27. The molecule has 0 atom stereocenters. The number of rotatable bonds is 8. The summed E-state index contributed by atoms with van der Waals surface area (Å²) in [6, 6.07) is 14.8. The molecule has 152 valence electrons. The van der Waals surface area contributed by atoms with Gasteiger partial charge in [-0.3, -0.25) is 4.79 Å². The predicted molar refractivity (Wildman–Crippen MR) is 125 cm³/mol. The van der Waals surface area contributed by atoms with E-state index in [0.29, 0.717) is 24.6 Å². The number of nitrogens with two attached hydrogens (primary N) is 1. The maximum atomic E-state index is 12.2. The number of nitrogens with zero attached hydrogens (tertiary/aromatic N) is 2. The number of halogens is 1. The number of methoxy groups -OCH3 is 1. The Hall–Kier alpha value is -2.33. The molecule has 0 bridgehead atoms. The summed E-state index contributed by atoms with van der Waals surface area (Å²) < 4.78 is 5.18. The summed E-state index contributed by atoms with van der Waals surface area (Å²) >= 11 is 0. The van der Waals surface area contributed by atoms with E-state index in [-0.39, 0.29) is 29.9 Å². The Morgan fingerprint density at radius 2 is 1.93 bits per heavy atom. The number of hydrogen-bond donors (Lipinski definition) is 3. The maximum Gasteiger partial charge on any atom is 0.251 e. The molecule has 1 amide bonds. The van der Waals surface area contributed by atoms with Gasteiger partial charge in [0.25, 0.3) is 5.91 Å². The lowest BCUT2D eigenvalue weighted by molar-refractivity contribution is 0.0951. The van der Waals surface area contributed by atoms with Crippen molar-refractivity contribution in [1.29, 1.82) is 0 Å². The van der Waals surface area contributed by atoms with Crippen molar-refractivity contribution >= 4 is 41.5 Å². The fraction of sp³-hybridized carbons (Fsp3) is 0.300. The van der Waals surface area contributed by atoms with Crippen molar-refractivity contribution in [2.45, 2.75) is 6.54 Å². The zero-order valence-corrected chi connectivity index (χ0v) is 18.8. The second kappa shape index (κ2) is 12.2.